The van der Waals surface area contributed by atoms with E-state index in [2.05, 4.69) is 107 Å². The van der Waals surface area contributed by atoms with Crippen LogP contribution in [0.25, 0.3) is 0 Å². The van der Waals surface area contributed by atoms with E-state index in [0.717, 1.165) is 19.3 Å². The van der Waals surface area contributed by atoms with E-state index in [1.165, 1.54) is 16.1 Å². The fraction of sp³-hybridized carbons (Fsp3) is 0.440. The predicted molar refractivity (Wildman–Crippen MR) is 129 cm³/mol. The summed E-state index contributed by atoms with van der Waals surface area (Å²) in [7, 11) is -4.02. The summed E-state index contributed by atoms with van der Waals surface area (Å²) in [4.78, 5) is 0. The van der Waals surface area contributed by atoms with Gasteiger partial charge in [-0.05, 0) is 54.0 Å². The topological polar surface area (TPSA) is 18.5 Å². The van der Waals surface area contributed by atoms with Crippen LogP contribution >= 0.6 is 0 Å². The average Bonchev–Trinajstić information content (AvgIpc) is 2.67. The maximum Gasteiger partial charge on any atom is 0.261 e. The molecule has 3 rings (SSSR count). The molecule has 2 aromatic carbocycles. The summed E-state index contributed by atoms with van der Waals surface area (Å²) < 4.78 is 13.5. The highest BCUT2D eigenvalue weighted by Crippen LogP contribution is 2.39. The largest absolute Gasteiger partial charge is 0.548 e. The minimum Gasteiger partial charge on any atom is -0.548 e. The van der Waals surface area contributed by atoms with Crippen LogP contribution in [-0.4, -0.2) is 22.7 Å². The molecule has 0 radical (unpaired) electrons. The summed E-state index contributed by atoms with van der Waals surface area (Å²) in [5.74, 6) is 1.17. The zero-order chi connectivity index (χ0) is 21.1. The molecule has 1 aliphatic rings. The molecule has 0 spiro atoms. The van der Waals surface area contributed by atoms with Gasteiger partial charge >= 0.3 is 0 Å². The van der Waals surface area contributed by atoms with E-state index in [1.54, 1.807) is 0 Å². The van der Waals surface area contributed by atoms with Crippen molar-refractivity contribution in [3.63, 3.8) is 0 Å². The van der Waals surface area contributed by atoms with Crippen molar-refractivity contribution >= 4 is 27.0 Å². The van der Waals surface area contributed by atoms with Gasteiger partial charge in [-0.15, -0.1) is 0 Å². The quantitative estimate of drug-likeness (QED) is 0.541. The summed E-state index contributed by atoms with van der Waals surface area (Å²) in [6, 6.07) is 21.9. The van der Waals surface area contributed by atoms with Crippen molar-refractivity contribution < 1.29 is 8.85 Å². The highest BCUT2D eigenvalue weighted by atomic mass is 28.4. The van der Waals surface area contributed by atoms with Crippen LogP contribution in [0.4, 0.5) is 0 Å². The Kier molecular flexibility index (Phi) is 6.56. The summed E-state index contributed by atoms with van der Waals surface area (Å²) in [5, 5.41) is 2.73. The van der Waals surface area contributed by atoms with Crippen LogP contribution in [0.2, 0.25) is 24.7 Å². The smallest absolute Gasteiger partial charge is 0.261 e. The van der Waals surface area contributed by atoms with E-state index >= 15 is 0 Å². The van der Waals surface area contributed by atoms with Crippen LogP contribution in [0.1, 0.15) is 40.0 Å². The molecule has 29 heavy (non-hydrogen) atoms. The summed E-state index contributed by atoms with van der Waals surface area (Å²) >= 11 is 0. The zero-order valence-corrected chi connectivity index (χ0v) is 20.9. The normalized spacial score (nSPS) is 18.3. The second-order valence-corrected chi connectivity index (χ2v) is 18.7. The van der Waals surface area contributed by atoms with Gasteiger partial charge in [0.2, 0.25) is 8.32 Å². The van der Waals surface area contributed by atoms with Crippen molar-refractivity contribution in [2.75, 3.05) is 0 Å². The Bertz CT molecular complexity index is 778. The van der Waals surface area contributed by atoms with E-state index in [0.29, 0.717) is 0 Å². The third kappa shape index (κ3) is 5.11. The Morgan fingerprint density at radius 1 is 0.828 bits per heavy atom. The molecular formula is C25H36O2Si2. The van der Waals surface area contributed by atoms with Gasteiger partial charge in [-0.2, -0.15) is 0 Å². The van der Waals surface area contributed by atoms with Gasteiger partial charge in [0, 0.05) is 12.5 Å². The van der Waals surface area contributed by atoms with Gasteiger partial charge in [-0.25, -0.2) is 0 Å². The predicted octanol–water partition coefficient (Wildman–Crippen LogP) is 5.85. The van der Waals surface area contributed by atoms with Crippen LogP contribution in [-0.2, 0) is 8.85 Å². The molecule has 0 saturated carbocycles. The van der Waals surface area contributed by atoms with Crippen molar-refractivity contribution in [1.29, 1.82) is 0 Å². The van der Waals surface area contributed by atoms with Crippen molar-refractivity contribution in [1.82, 2.24) is 0 Å². The Balaban J connectivity index is 1.97. The van der Waals surface area contributed by atoms with Crippen molar-refractivity contribution in [2.45, 2.75) is 70.8 Å². The molecule has 0 N–H and O–H groups in total. The minimum atomic E-state index is -2.47. The monoisotopic (exact) mass is 424 g/mol. The van der Waals surface area contributed by atoms with E-state index in [1.807, 2.05) is 0 Å². The molecule has 0 saturated heterocycles. The molecule has 0 bridgehead atoms. The van der Waals surface area contributed by atoms with Crippen LogP contribution in [0.5, 0.6) is 0 Å². The van der Waals surface area contributed by atoms with Crippen LogP contribution in [0.15, 0.2) is 72.5 Å². The third-order valence-corrected chi connectivity index (χ3v) is 11.5. The first-order valence-corrected chi connectivity index (χ1v) is 16.1. The molecule has 0 fully saturated rings. The SMILES string of the molecule is CC(C)(C)[Si](OC1CC=C(O[Si](C)(C)C)CC1)(c1ccccc1)c1ccccc1. The van der Waals surface area contributed by atoms with Crippen molar-refractivity contribution in [3.8, 4) is 0 Å². The lowest BCUT2D eigenvalue weighted by Gasteiger charge is -2.45. The fourth-order valence-corrected chi connectivity index (χ4v) is 10.0. The Labute approximate surface area is 179 Å². The second-order valence-electron chi connectivity index (χ2n) is 10.1. The average molecular weight is 425 g/mol. The Morgan fingerprint density at radius 2 is 1.34 bits per heavy atom. The van der Waals surface area contributed by atoms with E-state index in [4.69, 9.17) is 8.85 Å². The number of benzene rings is 2. The van der Waals surface area contributed by atoms with E-state index < -0.39 is 16.6 Å². The third-order valence-electron chi connectivity index (χ3n) is 5.52. The van der Waals surface area contributed by atoms with Gasteiger partial charge in [0.05, 0.1) is 5.76 Å². The van der Waals surface area contributed by atoms with Crippen LogP contribution < -0.4 is 10.4 Å². The molecule has 2 nitrogen and oxygen atoms in total. The molecule has 156 valence electrons. The molecule has 4 heteroatoms. The summed E-state index contributed by atoms with van der Waals surface area (Å²) in [6.45, 7) is 13.8. The first-order chi connectivity index (χ1) is 13.6. The number of rotatable bonds is 6. The van der Waals surface area contributed by atoms with E-state index in [9.17, 15) is 0 Å². The highest BCUT2D eigenvalue weighted by Gasteiger charge is 2.51. The van der Waals surface area contributed by atoms with Gasteiger partial charge in [-0.1, -0.05) is 81.4 Å². The van der Waals surface area contributed by atoms with E-state index in [-0.39, 0.29) is 11.1 Å². The molecule has 0 heterocycles. The number of allylic oxidation sites excluding steroid dienone is 1. The molecule has 0 amide bonds. The maximum absolute atomic E-state index is 7.24. The Morgan fingerprint density at radius 3 is 1.72 bits per heavy atom. The maximum atomic E-state index is 7.24. The molecule has 1 aliphatic carbocycles. The first kappa shape index (κ1) is 22.1. The molecule has 2 aromatic rings. The lowest BCUT2D eigenvalue weighted by atomic mass is 10.0. The minimum absolute atomic E-state index is 0.0223. The van der Waals surface area contributed by atoms with Crippen LogP contribution in [0, 0.1) is 0 Å². The van der Waals surface area contributed by atoms with Gasteiger partial charge in [0.1, 0.15) is 0 Å². The van der Waals surface area contributed by atoms with Gasteiger partial charge in [0.15, 0.2) is 0 Å². The fourth-order valence-electron chi connectivity index (χ4n) is 4.32. The second kappa shape index (κ2) is 8.62. The van der Waals surface area contributed by atoms with Crippen LogP contribution in [0.3, 0.4) is 0 Å². The zero-order valence-electron chi connectivity index (χ0n) is 18.9. The summed E-state index contributed by atoms with van der Waals surface area (Å²) in [5.41, 5.74) is 0. The molecule has 1 unspecified atom stereocenters. The molecular weight excluding hydrogens is 388 g/mol. The lowest BCUT2D eigenvalue weighted by Crippen LogP contribution is -2.67. The highest BCUT2D eigenvalue weighted by molar-refractivity contribution is 6.99. The molecule has 0 aromatic heterocycles. The standard InChI is InChI=1S/C25H36O2Si2/c1-25(2,3)29(23-13-9-7-10-14-23,24-15-11-8-12-16-24)27-22-19-17-21(18-20-22)26-28(4,5)6/h7-17,22H,18-20H2,1-6H3. The van der Waals surface area contributed by atoms with Crippen molar-refractivity contribution in [3.05, 3.63) is 72.5 Å². The summed E-state index contributed by atoms with van der Waals surface area (Å²) in [6.07, 6.45) is 5.46. The van der Waals surface area contributed by atoms with Gasteiger partial charge < -0.3 is 8.85 Å². The first-order valence-electron chi connectivity index (χ1n) is 10.8. The van der Waals surface area contributed by atoms with Gasteiger partial charge in [0.25, 0.3) is 8.32 Å². The van der Waals surface area contributed by atoms with Crippen molar-refractivity contribution in [2.24, 2.45) is 0 Å². The number of hydrogen-bond acceptors (Lipinski definition) is 2. The lowest BCUT2D eigenvalue weighted by molar-refractivity contribution is 0.165. The molecule has 0 aliphatic heterocycles. The molecule has 1 atom stereocenters. The number of hydrogen-bond donors (Lipinski definition) is 0. The Hall–Kier alpha value is -1.63. The van der Waals surface area contributed by atoms with Gasteiger partial charge in [-0.3, -0.25) is 0 Å².